The van der Waals surface area contributed by atoms with E-state index >= 15 is 0 Å². The van der Waals surface area contributed by atoms with E-state index in [0.717, 1.165) is 12.0 Å². The Morgan fingerprint density at radius 1 is 1.40 bits per heavy atom. The van der Waals surface area contributed by atoms with Gasteiger partial charge in [-0.25, -0.2) is 9.78 Å². The second-order valence-electron chi connectivity index (χ2n) is 6.10. The van der Waals surface area contributed by atoms with Crippen LogP contribution in [0.3, 0.4) is 0 Å². The predicted molar refractivity (Wildman–Crippen MR) is 97.9 cm³/mol. The van der Waals surface area contributed by atoms with Crippen LogP contribution in [-0.2, 0) is 4.74 Å². The third kappa shape index (κ3) is 4.80. The molecule has 25 heavy (non-hydrogen) atoms. The van der Waals surface area contributed by atoms with Gasteiger partial charge in [-0.1, -0.05) is 20.8 Å². The first-order chi connectivity index (χ1) is 12.0. The van der Waals surface area contributed by atoms with Crippen molar-refractivity contribution in [2.45, 2.75) is 34.1 Å². The van der Waals surface area contributed by atoms with Crippen molar-refractivity contribution < 1.29 is 14.3 Å². The molecule has 5 nitrogen and oxygen atoms in total. The smallest absolute Gasteiger partial charge is 0.350 e. The Hall–Kier alpha value is -2.39. The van der Waals surface area contributed by atoms with E-state index < -0.39 is 0 Å². The number of rotatable bonds is 7. The van der Waals surface area contributed by atoms with E-state index in [4.69, 9.17) is 9.47 Å². The normalized spacial score (nSPS) is 10.6. The number of ether oxygens (including phenoxy) is 2. The van der Waals surface area contributed by atoms with E-state index in [9.17, 15) is 10.1 Å². The molecule has 0 aliphatic heterocycles. The molecule has 0 radical (unpaired) electrons. The Kier molecular flexibility index (Phi) is 6.54. The summed E-state index contributed by atoms with van der Waals surface area (Å²) < 4.78 is 10.9. The van der Waals surface area contributed by atoms with Crippen molar-refractivity contribution >= 4 is 17.3 Å². The van der Waals surface area contributed by atoms with Crippen LogP contribution < -0.4 is 4.74 Å². The minimum Gasteiger partial charge on any atom is -0.492 e. The number of nitriles is 1. The van der Waals surface area contributed by atoms with Gasteiger partial charge in [-0.15, -0.1) is 11.3 Å². The number of carbonyl (C=O) groups is 1. The standard InChI is InChI=1S/C19H22N2O3S/c1-5-8-23-19(22)17-13(4)21-18(25-17)14-6-7-16(15(9-14)10-20)24-11-12(2)3/h6-7,9,12H,5,8,11H2,1-4H3. The van der Waals surface area contributed by atoms with Crippen LogP contribution in [0.5, 0.6) is 5.75 Å². The Morgan fingerprint density at radius 2 is 2.16 bits per heavy atom. The van der Waals surface area contributed by atoms with Gasteiger partial charge in [-0.2, -0.15) is 5.26 Å². The monoisotopic (exact) mass is 358 g/mol. The molecule has 2 aromatic rings. The molecule has 0 bridgehead atoms. The molecule has 2 rings (SSSR count). The number of carbonyl (C=O) groups excluding carboxylic acids is 1. The fourth-order valence-electron chi connectivity index (χ4n) is 2.10. The zero-order chi connectivity index (χ0) is 18.4. The summed E-state index contributed by atoms with van der Waals surface area (Å²) in [5.74, 6) is 0.598. The van der Waals surface area contributed by atoms with Crippen LogP contribution in [0.4, 0.5) is 0 Å². The maximum absolute atomic E-state index is 12.1. The lowest BCUT2D eigenvalue weighted by Gasteiger charge is -2.10. The van der Waals surface area contributed by atoms with Gasteiger partial charge in [0, 0.05) is 5.56 Å². The van der Waals surface area contributed by atoms with Crippen LogP contribution in [0.25, 0.3) is 10.6 Å². The van der Waals surface area contributed by atoms with E-state index in [1.54, 1.807) is 19.1 Å². The van der Waals surface area contributed by atoms with Gasteiger partial charge in [-0.3, -0.25) is 0 Å². The Balaban J connectivity index is 2.27. The number of thiazole rings is 1. The highest BCUT2D eigenvalue weighted by atomic mass is 32.1. The SMILES string of the molecule is CCCOC(=O)c1sc(-c2ccc(OCC(C)C)c(C#N)c2)nc1C. The molecule has 132 valence electrons. The molecule has 0 spiro atoms. The first kappa shape index (κ1) is 18.9. The zero-order valence-electron chi connectivity index (χ0n) is 15.0. The summed E-state index contributed by atoms with van der Waals surface area (Å²) >= 11 is 1.28. The fourth-order valence-corrected chi connectivity index (χ4v) is 3.06. The fraction of sp³-hybridized carbons (Fsp3) is 0.421. The predicted octanol–water partition coefficient (Wildman–Crippen LogP) is 4.59. The number of aromatic nitrogens is 1. The molecule has 1 aromatic heterocycles. The number of aryl methyl sites for hydroxylation is 1. The molecule has 1 aromatic carbocycles. The Morgan fingerprint density at radius 3 is 2.80 bits per heavy atom. The molecule has 0 amide bonds. The summed E-state index contributed by atoms with van der Waals surface area (Å²) in [6, 6.07) is 7.54. The average molecular weight is 358 g/mol. The quantitative estimate of drug-likeness (QED) is 0.677. The topological polar surface area (TPSA) is 72.2 Å². The summed E-state index contributed by atoms with van der Waals surface area (Å²) in [5, 5.41) is 10.1. The lowest BCUT2D eigenvalue weighted by molar-refractivity contribution is 0.0510. The molecular weight excluding hydrogens is 336 g/mol. The van der Waals surface area contributed by atoms with Gasteiger partial charge in [0.2, 0.25) is 0 Å². The van der Waals surface area contributed by atoms with Crippen LogP contribution in [-0.4, -0.2) is 24.2 Å². The molecule has 0 aliphatic carbocycles. The summed E-state index contributed by atoms with van der Waals surface area (Å²) in [6.07, 6.45) is 0.778. The molecule has 0 saturated heterocycles. The highest BCUT2D eigenvalue weighted by Crippen LogP contribution is 2.31. The lowest BCUT2D eigenvalue weighted by atomic mass is 10.1. The first-order valence-corrected chi connectivity index (χ1v) is 9.09. The summed E-state index contributed by atoms with van der Waals surface area (Å²) in [6.45, 7) is 8.79. The molecular formula is C19H22N2O3S. The second-order valence-corrected chi connectivity index (χ2v) is 7.10. The van der Waals surface area contributed by atoms with E-state index in [1.165, 1.54) is 11.3 Å². The van der Waals surface area contributed by atoms with Crippen LogP contribution in [0.15, 0.2) is 18.2 Å². The van der Waals surface area contributed by atoms with Crippen LogP contribution in [0.1, 0.15) is 48.1 Å². The number of esters is 1. The Labute approximate surface area is 152 Å². The largest absolute Gasteiger partial charge is 0.492 e. The summed E-state index contributed by atoms with van der Waals surface area (Å²) in [5.41, 5.74) is 1.89. The molecule has 0 aliphatic rings. The molecule has 0 atom stereocenters. The third-order valence-corrected chi connectivity index (χ3v) is 4.52. The van der Waals surface area contributed by atoms with E-state index in [2.05, 4.69) is 24.9 Å². The van der Waals surface area contributed by atoms with Gasteiger partial charge in [0.1, 0.15) is 21.7 Å². The van der Waals surface area contributed by atoms with Crippen molar-refractivity contribution in [3.05, 3.63) is 34.3 Å². The van der Waals surface area contributed by atoms with Crippen molar-refractivity contribution in [1.29, 1.82) is 5.26 Å². The van der Waals surface area contributed by atoms with Gasteiger partial charge in [-0.05, 0) is 37.5 Å². The first-order valence-electron chi connectivity index (χ1n) is 8.28. The van der Waals surface area contributed by atoms with E-state index in [0.29, 0.717) is 46.0 Å². The van der Waals surface area contributed by atoms with Crippen molar-refractivity contribution in [1.82, 2.24) is 4.98 Å². The van der Waals surface area contributed by atoms with Gasteiger partial charge in [0.25, 0.3) is 0 Å². The molecule has 0 saturated carbocycles. The summed E-state index contributed by atoms with van der Waals surface area (Å²) in [4.78, 5) is 17.0. The molecule has 0 unspecified atom stereocenters. The van der Waals surface area contributed by atoms with Crippen molar-refractivity contribution in [3.63, 3.8) is 0 Å². The van der Waals surface area contributed by atoms with Crippen molar-refractivity contribution in [3.8, 4) is 22.4 Å². The minimum absolute atomic E-state index is 0.347. The molecule has 1 heterocycles. The Bertz CT molecular complexity index is 790. The number of hydrogen-bond donors (Lipinski definition) is 0. The summed E-state index contributed by atoms with van der Waals surface area (Å²) in [7, 11) is 0. The van der Waals surface area contributed by atoms with Crippen LogP contribution in [0.2, 0.25) is 0 Å². The van der Waals surface area contributed by atoms with Crippen LogP contribution in [0, 0.1) is 24.2 Å². The third-order valence-electron chi connectivity index (χ3n) is 3.34. The highest BCUT2D eigenvalue weighted by molar-refractivity contribution is 7.17. The van der Waals surface area contributed by atoms with Gasteiger partial charge in [0.05, 0.1) is 24.5 Å². The number of hydrogen-bond acceptors (Lipinski definition) is 6. The minimum atomic E-state index is -0.347. The lowest BCUT2D eigenvalue weighted by Crippen LogP contribution is -2.05. The highest BCUT2D eigenvalue weighted by Gasteiger charge is 2.18. The van der Waals surface area contributed by atoms with Gasteiger partial charge in [0.15, 0.2) is 0 Å². The molecule has 0 fully saturated rings. The van der Waals surface area contributed by atoms with Gasteiger partial charge >= 0.3 is 5.97 Å². The van der Waals surface area contributed by atoms with Crippen LogP contribution >= 0.6 is 11.3 Å². The van der Waals surface area contributed by atoms with E-state index in [-0.39, 0.29) is 5.97 Å². The molecule has 0 N–H and O–H groups in total. The number of nitrogens with zero attached hydrogens (tertiary/aromatic N) is 2. The van der Waals surface area contributed by atoms with Gasteiger partial charge < -0.3 is 9.47 Å². The van der Waals surface area contributed by atoms with Crippen molar-refractivity contribution in [2.24, 2.45) is 5.92 Å². The maximum Gasteiger partial charge on any atom is 0.350 e. The zero-order valence-corrected chi connectivity index (χ0v) is 15.8. The second kappa shape index (κ2) is 8.63. The van der Waals surface area contributed by atoms with E-state index in [1.807, 2.05) is 13.0 Å². The number of benzene rings is 1. The maximum atomic E-state index is 12.1. The van der Waals surface area contributed by atoms with Crippen molar-refractivity contribution in [2.75, 3.05) is 13.2 Å². The molecule has 6 heteroatoms. The average Bonchev–Trinajstić information content (AvgIpc) is 2.99.